The summed E-state index contributed by atoms with van der Waals surface area (Å²) in [5.41, 5.74) is 8.00. The number of rotatable bonds is 9. The second kappa shape index (κ2) is 11.6. The molecule has 1 heterocycles. The Morgan fingerprint density at radius 1 is 1.21 bits per heavy atom. The van der Waals surface area contributed by atoms with E-state index in [-0.39, 0.29) is 12.5 Å². The molecule has 2 aromatic rings. The predicted octanol–water partition coefficient (Wildman–Crippen LogP) is 4.74. The lowest BCUT2D eigenvalue weighted by Crippen LogP contribution is -2.28. The first-order chi connectivity index (χ1) is 15.9. The molecule has 7 nitrogen and oxygen atoms in total. The molecule has 0 radical (unpaired) electrons. The normalized spacial score (nSPS) is 16.0. The number of carbonyl (C=O) groups is 2. The van der Waals surface area contributed by atoms with Crippen molar-refractivity contribution >= 4 is 63.1 Å². The molecule has 1 aliphatic rings. The highest BCUT2D eigenvalue weighted by atomic mass is 127. The Kier molecular flexibility index (Phi) is 8.79. The van der Waals surface area contributed by atoms with Crippen LogP contribution in [0.15, 0.2) is 46.3 Å². The van der Waals surface area contributed by atoms with Crippen LogP contribution in [0.4, 0.5) is 5.69 Å². The quantitative estimate of drug-likeness (QED) is 0.342. The molecule has 2 aromatic carbocycles. The van der Waals surface area contributed by atoms with Gasteiger partial charge >= 0.3 is 0 Å². The zero-order valence-corrected chi connectivity index (χ0v) is 21.7. The molecule has 33 heavy (non-hydrogen) atoms. The van der Waals surface area contributed by atoms with Crippen LogP contribution in [-0.4, -0.2) is 41.6 Å². The highest BCUT2D eigenvalue weighted by Crippen LogP contribution is 2.38. The number of thioether (sulfide) groups is 1. The van der Waals surface area contributed by atoms with Crippen molar-refractivity contribution < 1.29 is 19.1 Å². The van der Waals surface area contributed by atoms with Crippen molar-refractivity contribution in [3.05, 3.63) is 56.0 Å². The third kappa shape index (κ3) is 6.08. The predicted molar refractivity (Wildman–Crippen MR) is 141 cm³/mol. The number of halogens is 1. The summed E-state index contributed by atoms with van der Waals surface area (Å²) in [6, 6.07) is 11.6. The van der Waals surface area contributed by atoms with Gasteiger partial charge in [-0.05, 0) is 90.0 Å². The van der Waals surface area contributed by atoms with E-state index in [0.29, 0.717) is 34.7 Å². The summed E-state index contributed by atoms with van der Waals surface area (Å²) < 4.78 is 12.0. The van der Waals surface area contributed by atoms with E-state index in [1.54, 1.807) is 11.0 Å². The number of amidine groups is 1. The van der Waals surface area contributed by atoms with Crippen molar-refractivity contribution in [3.63, 3.8) is 0 Å². The molecular formula is C24H26IN3O4S. The number of hydrogen-bond acceptors (Lipinski definition) is 6. The smallest absolute Gasteiger partial charge is 0.266 e. The molecule has 174 valence electrons. The third-order valence-corrected chi connectivity index (χ3v) is 6.59. The van der Waals surface area contributed by atoms with Gasteiger partial charge in [-0.25, -0.2) is 4.99 Å². The highest BCUT2D eigenvalue weighted by Gasteiger charge is 2.32. The lowest BCUT2D eigenvalue weighted by atomic mass is 10.1. The average Bonchev–Trinajstić information content (AvgIpc) is 3.07. The standard InChI is InChI=1S/C24H26IN3O4S/c1-4-16-9-7-8-10-18(16)27-24-28(5-2)23(30)20(33-24)13-15-11-17(25)22(32-14-21(26)29)19(12-15)31-6-3/h7-13H,4-6,14H2,1-3H3,(H2,26,29)/b20-13+,27-24?. The summed E-state index contributed by atoms with van der Waals surface area (Å²) in [4.78, 5) is 31.3. The molecule has 1 saturated heterocycles. The fourth-order valence-corrected chi connectivity index (χ4v) is 5.10. The molecule has 9 heteroatoms. The van der Waals surface area contributed by atoms with E-state index in [1.807, 2.05) is 50.3 Å². The topological polar surface area (TPSA) is 94.2 Å². The van der Waals surface area contributed by atoms with E-state index in [1.165, 1.54) is 11.8 Å². The van der Waals surface area contributed by atoms with Crippen molar-refractivity contribution in [1.82, 2.24) is 4.90 Å². The summed E-state index contributed by atoms with van der Waals surface area (Å²) in [7, 11) is 0. The number of benzene rings is 2. The van der Waals surface area contributed by atoms with Gasteiger partial charge in [-0.2, -0.15) is 0 Å². The minimum absolute atomic E-state index is 0.0859. The van der Waals surface area contributed by atoms with E-state index in [2.05, 4.69) is 29.5 Å². The molecule has 0 spiro atoms. The molecule has 0 aliphatic carbocycles. The number of nitrogens with zero attached hydrogens (tertiary/aromatic N) is 2. The molecule has 1 fully saturated rings. The number of hydrogen-bond donors (Lipinski definition) is 1. The second-order valence-corrected chi connectivity index (χ2v) is 9.23. The van der Waals surface area contributed by atoms with Gasteiger partial charge < -0.3 is 15.2 Å². The van der Waals surface area contributed by atoms with Crippen molar-refractivity contribution in [1.29, 1.82) is 0 Å². The minimum Gasteiger partial charge on any atom is -0.490 e. The van der Waals surface area contributed by atoms with Crippen LogP contribution in [0.2, 0.25) is 0 Å². The average molecular weight is 579 g/mol. The zero-order chi connectivity index (χ0) is 24.0. The minimum atomic E-state index is -0.566. The number of aliphatic imine (C=N–C) groups is 1. The van der Waals surface area contributed by atoms with Gasteiger partial charge in [-0.15, -0.1) is 0 Å². The fourth-order valence-electron chi connectivity index (χ4n) is 3.26. The lowest BCUT2D eigenvalue weighted by Gasteiger charge is -2.14. The molecule has 0 atom stereocenters. The van der Waals surface area contributed by atoms with Crippen LogP contribution in [0, 0.1) is 3.57 Å². The molecule has 0 saturated carbocycles. The van der Waals surface area contributed by atoms with Crippen LogP contribution in [0.25, 0.3) is 6.08 Å². The van der Waals surface area contributed by atoms with E-state index < -0.39 is 5.91 Å². The van der Waals surface area contributed by atoms with Crippen LogP contribution in [0.5, 0.6) is 11.5 Å². The van der Waals surface area contributed by atoms with Gasteiger partial charge in [0.2, 0.25) is 0 Å². The molecule has 3 rings (SSSR count). The number of carbonyl (C=O) groups excluding carboxylic acids is 2. The molecule has 2 amide bonds. The van der Waals surface area contributed by atoms with Crippen molar-refractivity contribution in [2.24, 2.45) is 10.7 Å². The van der Waals surface area contributed by atoms with Gasteiger partial charge in [-0.3, -0.25) is 14.5 Å². The number of aryl methyl sites for hydroxylation is 1. The first kappa shape index (κ1) is 25.1. The van der Waals surface area contributed by atoms with Crippen molar-refractivity contribution in [2.45, 2.75) is 27.2 Å². The zero-order valence-electron chi connectivity index (χ0n) is 18.8. The maximum atomic E-state index is 13.1. The van der Waals surface area contributed by atoms with Gasteiger partial charge in [0.1, 0.15) is 0 Å². The Hall–Kier alpha value is -2.53. The fraction of sp³-hybridized carbons (Fsp3) is 0.292. The first-order valence-electron chi connectivity index (χ1n) is 10.6. The Morgan fingerprint density at radius 3 is 2.64 bits per heavy atom. The molecule has 0 aromatic heterocycles. The van der Waals surface area contributed by atoms with Gasteiger partial charge in [0.15, 0.2) is 23.3 Å². The molecular weight excluding hydrogens is 553 g/mol. The monoisotopic (exact) mass is 579 g/mol. The van der Waals surface area contributed by atoms with Crippen LogP contribution in [0.3, 0.4) is 0 Å². The van der Waals surface area contributed by atoms with Crippen LogP contribution >= 0.6 is 34.4 Å². The van der Waals surface area contributed by atoms with Gasteiger partial charge in [0.25, 0.3) is 11.8 Å². The summed E-state index contributed by atoms with van der Waals surface area (Å²) in [6.45, 7) is 6.59. The van der Waals surface area contributed by atoms with Gasteiger partial charge in [0, 0.05) is 6.54 Å². The number of nitrogens with two attached hydrogens (primary N) is 1. The Bertz CT molecular complexity index is 1120. The van der Waals surface area contributed by atoms with Crippen LogP contribution in [-0.2, 0) is 16.0 Å². The summed E-state index contributed by atoms with van der Waals surface area (Å²) >= 11 is 3.47. The van der Waals surface area contributed by atoms with E-state index >= 15 is 0 Å². The first-order valence-corrected chi connectivity index (χ1v) is 12.5. The van der Waals surface area contributed by atoms with Crippen molar-refractivity contribution in [3.8, 4) is 11.5 Å². The van der Waals surface area contributed by atoms with E-state index in [4.69, 9.17) is 20.2 Å². The molecule has 1 aliphatic heterocycles. The lowest BCUT2D eigenvalue weighted by molar-refractivity contribution is -0.122. The molecule has 0 unspecified atom stereocenters. The number of ether oxygens (including phenoxy) is 2. The second-order valence-electron chi connectivity index (χ2n) is 7.05. The SMILES string of the molecule is CCOc1cc(/C=C2/SC(=Nc3ccccc3CC)N(CC)C2=O)cc(I)c1OCC(N)=O. The highest BCUT2D eigenvalue weighted by molar-refractivity contribution is 14.1. The van der Waals surface area contributed by atoms with Crippen LogP contribution < -0.4 is 15.2 Å². The summed E-state index contributed by atoms with van der Waals surface area (Å²) in [5, 5.41) is 0.663. The number of likely N-dealkylation sites (N-methyl/N-ethyl adjacent to an activating group) is 1. The van der Waals surface area contributed by atoms with Crippen molar-refractivity contribution in [2.75, 3.05) is 19.8 Å². The number of amides is 2. The molecule has 0 bridgehead atoms. The van der Waals surface area contributed by atoms with Gasteiger partial charge in [0.05, 0.1) is 20.8 Å². The Morgan fingerprint density at radius 2 is 1.97 bits per heavy atom. The summed E-state index contributed by atoms with van der Waals surface area (Å²) in [5.74, 6) is 0.296. The van der Waals surface area contributed by atoms with Gasteiger partial charge in [-0.1, -0.05) is 25.1 Å². The third-order valence-electron chi connectivity index (χ3n) is 4.78. The largest absolute Gasteiger partial charge is 0.490 e. The maximum absolute atomic E-state index is 13.1. The van der Waals surface area contributed by atoms with E-state index in [9.17, 15) is 9.59 Å². The summed E-state index contributed by atoms with van der Waals surface area (Å²) in [6.07, 6.45) is 2.69. The molecule has 2 N–H and O–H groups in total. The van der Waals surface area contributed by atoms with Crippen LogP contribution in [0.1, 0.15) is 31.9 Å². The maximum Gasteiger partial charge on any atom is 0.266 e. The number of para-hydroxylation sites is 1. The Balaban J connectivity index is 1.96. The number of primary amides is 1. The Labute approximate surface area is 211 Å². The van der Waals surface area contributed by atoms with E-state index in [0.717, 1.165) is 26.8 Å².